The quantitative estimate of drug-likeness (QED) is 0.870. The van der Waals surface area contributed by atoms with Gasteiger partial charge in [0.25, 0.3) is 0 Å². The van der Waals surface area contributed by atoms with Crippen molar-refractivity contribution >= 4 is 27.5 Å². The molecule has 0 saturated heterocycles. The second-order valence-corrected chi connectivity index (χ2v) is 5.87. The van der Waals surface area contributed by atoms with Crippen molar-refractivity contribution in [2.45, 2.75) is 38.8 Å². The zero-order chi connectivity index (χ0) is 11.5. The summed E-state index contributed by atoms with van der Waals surface area (Å²) in [6, 6.07) is 6.73. The van der Waals surface area contributed by atoms with Gasteiger partial charge in [-0.2, -0.15) is 0 Å². The van der Waals surface area contributed by atoms with Crippen LogP contribution in [-0.4, -0.2) is 6.04 Å². The lowest BCUT2D eigenvalue weighted by molar-refractivity contribution is 0.240. The molecule has 0 spiro atoms. The van der Waals surface area contributed by atoms with Crippen molar-refractivity contribution < 1.29 is 0 Å². The average Bonchev–Trinajstić information content (AvgIpc) is 2.17. The maximum atomic E-state index is 5.96. The minimum Gasteiger partial charge on any atom is -0.310 e. The molecule has 2 rings (SSSR count). The summed E-state index contributed by atoms with van der Waals surface area (Å²) >= 11 is 9.41. The molecule has 0 amide bonds. The van der Waals surface area contributed by atoms with Gasteiger partial charge in [-0.3, -0.25) is 0 Å². The molecule has 1 aliphatic carbocycles. The van der Waals surface area contributed by atoms with E-state index < -0.39 is 0 Å². The van der Waals surface area contributed by atoms with Gasteiger partial charge < -0.3 is 5.32 Å². The van der Waals surface area contributed by atoms with Crippen molar-refractivity contribution in [3.8, 4) is 0 Å². The van der Waals surface area contributed by atoms with Crippen molar-refractivity contribution in [1.29, 1.82) is 0 Å². The fourth-order valence-electron chi connectivity index (χ4n) is 2.03. The molecule has 0 aliphatic heterocycles. The Morgan fingerprint density at radius 3 is 2.81 bits per heavy atom. The molecule has 16 heavy (non-hydrogen) atoms. The summed E-state index contributed by atoms with van der Waals surface area (Å²) in [5, 5.41) is 4.36. The lowest BCUT2D eigenvalue weighted by Gasteiger charge is -2.32. The molecule has 0 bridgehead atoms. The average molecular weight is 303 g/mol. The molecule has 1 aromatic rings. The van der Waals surface area contributed by atoms with Gasteiger partial charge in [-0.15, -0.1) is 0 Å². The molecule has 88 valence electrons. The third kappa shape index (κ3) is 2.99. The van der Waals surface area contributed by atoms with Crippen LogP contribution in [0.2, 0.25) is 5.02 Å². The fraction of sp³-hybridized carbons (Fsp3) is 0.538. The number of hydrogen-bond acceptors (Lipinski definition) is 1. The highest BCUT2D eigenvalue weighted by Gasteiger charge is 2.23. The molecule has 1 fully saturated rings. The van der Waals surface area contributed by atoms with Crippen LogP contribution in [0.1, 0.15) is 31.7 Å². The first-order valence-electron chi connectivity index (χ1n) is 5.84. The Morgan fingerprint density at radius 1 is 1.50 bits per heavy atom. The first kappa shape index (κ1) is 12.4. The number of halogens is 2. The maximum Gasteiger partial charge on any atom is 0.0548 e. The van der Waals surface area contributed by atoms with Gasteiger partial charge in [0.15, 0.2) is 0 Å². The van der Waals surface area contributed by atoms with Crippen LogP contribution in [0.3, 0.4) is 0 Å². The SMILES string of the molecule is CC(NCc1ccc(Cl)c(Br)c1)C1CCC1. The van der Waals surface area contributed by atoms with Crippen LogP contribution in [0.4, 0.5) is 0 Å². The molecule has 0 aromatic heterocycles. The monoisotopic (exact) mass is 301 g/mol. The highest BCUT2D eigenvalue weighted by atomic mass is 79.9. The molecular weight excluding hydrogens is 286 g/mol. The lowest BCUT2D eigenvalue weighted by atomic mass is 9.80. The summed E-state index contributed by atoms with van der Waals surface area (Å²) in [5.74, 6) is 0.885. The molecule has 1 saturated carbocycles. The van der Waals surface area contributed by atoms with E-state index in [4.69, 9.17) is 11.6 Å². The van der Waals surface area contributed by atoms with Crippen LogP contribution in [-0.2, 0) is 6.54 Å². The predicted molar refractivity (Wildman–Crippen MR) is 72.8 cm³/mol. The van der Waals surface area contributed by atoms with E-state index in [1.807, 2.05) is 6.07 Å². The first-order valence-corrected chi connectivity index (χ1v) is 7.01. The van der Waals surface area contributed by atoms with E-state index in [9.17, 15) is 0 Å². The molecule has 3 heteroatoms. The molecule has 0 heterocycles. The Bertz CT molecular complexity index is 363. The van der Waals surface area contributed by atoms with E-state index >= 15 is 0 Å². The normalized spacial score (nSPS) is 18.2. The van der Waals surface area contributed by atoms with Gasteiger partial charge in [0.2, 0.25) is 0 Å². The van der Waals surface area contributed by atoms with E-state index in [1.54, 1.807) is 0 Å². The van der Waals surface area contributed by atoms with Crippen molar-refractivity contribution in [3.05, 3.63) is 33.3 Å². The van der Waals surface area contributed by atoms with Gasteiger partial charge in [0.1, 0.15) is 0 Å². The number of benzene rings is 1. The topological polar surface area (TPSA) is 12.0 Å². The van der Waals surface area contributed by atoms with Crippen LogP contribution in [0.15, 0.2) is 22.7 Å². The van der Waals surface area contributed by atoms with Crippen molar-refractivity contribution in [2.75, 3.05) is 0 Å². The van der Waals surface area contributed by atoms with Crippen LogP contribution >= 0.6 is 27.5 Å². The van der Waals surface area contributed by atoms with Crippen molar-refractivity contribution in [2.24, 2.45) is 5.92 Å². The standard InChI is InChI=1S/C13H17BrClN/c1-9(11-3-2-4-11)16-8-10-5-6-13(15)12(14)7-10/h5-7,9,11,16H,2-4,8H2,1H3. The Balaban J connectivity index is 1.86. The number of rotatable bonds is 4. The molecule has 1 atom stereocenters. The summed E-state index contributed by atoms with van der Waals surface area (Å²) in [4.78, 5) is 0. The van der Waals surface area contributed by atoms with Gasteiger partial charge in [-0.25, -0.2) is 0 Å². The molecule has 1 aliphatic rings. The maximum absolute atomic E-state index is 5.96. The third-order valence-electron chi connectivity index (χ3n) is 3.47. The predicted octanol–water partition coefficient (Wildman–Crippen LogP) is 4.38. The minimum absolute atomic E-state index is 0.628. The van der Waals surface area contributed by atoms with Crippen LogP contribution in [0, 0.1) is 5.92 Å². The van der Waals surface area contributed by atoms with Gasteiger partial charge in [-0.1, -0.05) is 24.1 Å². The van der Waals surface area contributed by atoms with E-state index in [0.717, 1.165) is 22.0 Å². The third-order valence-corrected chi connectivity index (χ3v) is 4.68. The summed E-state index contributed by atoms with van der Waals surface area (Å²) < 4.78 is 0.977. The zero-order valence-corrected chi connectivity index (χ0v) is 11.8. The summed E-state index contributed by atoms with van der Waals surface area (Å²) in [6.07, 6.45) is 4.18. The molecular formula is C13H17BrClN. The Morgan fingerprint density at radius 2 is 2.25 bits per heavy atom. The number of hydrogen-bond donors (Lipinski definition) is 1. The summed E-state index contributed by atoms with van der Waals surface area (Å²) in [5.41, 5.74) is 1.28. The van der Waals surface area contributed by atoms with Crippen molar-refractivity contribution in [1.82, 2.24) is 5.32 Å². The highest BCUT2D eigenvalue weighted by Crippen LogP contribution is 2.29. The molecule has 1 nitrogen and oxygen atoms in total. The highest BCUT2D eigenvalue weighted by molar-refractivity contribution is 9.10. The number of nitrogens with one attached hydrogen (secondary N) is 1. The van der Waals surface area contributed by atoms with Gasteiger partial charge in [0.05, 0.1) is 5.02 Å². The second-order valence-electron chi connectivity index (χ2n) is 4.61. The molecule has 1 N–H and O–H groups in total. The summed E-state index contributed by atoms with van der Waals surface area (Å²) in [7, 11) is 0. The fourth-order valence-corrected chi connectivity index (χ4v) is 2.58. The van der Waals surface area contributed by atoms with E-state index in [2.05, 4.69) is 40.3 Å². The van der Waals surface area contributed by atoms with Crippen LogP contribution in [0.5, 0.6) is 0 Å². The van der Waals surface area contributed by atoms with Gasteiger partial charge in [-0.05, 0) is 59.3 Å². The Hall–Kier alpha value is -0.0500. The second kappa shape index (κ2) is 5.52. The van der Waals surface area contributed by atoms with E-state index in [0.29, 0.717) is 6.04 Å². The van der Waals surface area contributed by atoms with E-state index in [-0.39, 0.29) is 0 Å². The van der Waals surface area contributed by atoms with Gasteiger partial charge in [0, 0.05) is 17.1 Å². The largest absolute Gasteiger partial charge is 0.310 e. The smallest absolute Gasteiger partial charge is 0.0548 e. The van der Waals surface area contributed by atoms with Gasteiger partial charge >= 0.3 is 0 Å². The first-order chi connectivity index (χ1) is 7.66. The summed E-state index contributed by atoms with van der Waals surface area (Å²) in [6.45, 7) is 3.21. The van der Waals surface area contributed by atoms with Crippen LogP contribution in [0.25, 0.3) is 0 Å². The lowest BCUT2D eigenvalue weighted by Crippen LogP contribution is -2.36. The Labute approximate surface area is 111 Å². The molecule has 0 radical (unpaired) electrons. The minimum atomic E-state index is 0.628. The molecule has 1 unspecified atom stereocenters. The van der Waals surface area contributed by atoms with Crippen molar-refractivity contribution in [3.63, 3.8) is 0 Å². The van der Waals surface area contributed by atoms with E-state index in [1.165, 1.54) is 24.8 Å². The molecule has 1 aromatic carbocycles. The zero-order valence-electron chi connectivity index (χ0n) is 9.47. The van der Waals surface area contributed by atoms with Crippen LogP contribution < -0.4 is 5.32 Å². The Kier molecular flexibility index (Phi) is 4.28.